The Morgan fingerprint density at radius 2 is 1.86 bits per heavy atom. The normalized spacial score (nSPS) is 13.0. The first kappa shape index (κ1) is 16.0. The lowest BCUT2D eigenvalue weighted by Gasteiger charge is -2.38. The highest BCUT2D eigenvalue weighted by atomic mass is 16.5. The summed E-state index contributed by atoms with van der Waals surface area (Å²) in [4.78, 5) is 0. The second kappa shape index (κ2) is 5.12. The Bertz CT molecular complexity index is 659. The summed E-state index contributed by atoms with van der Waals surface area (Å²) in [7, 11) is 0.763. The SMILES string of the molecule is Cc1nn(C)c2cc(B(O)OC(C)(C)C(C)(C)O)ccc12. The lowest BCUT2D eigenvalue weighted by Crippen LogP contribution is -2.53. The number of aliphatic hydroxyl groups is 1. The Hall–Kier alpha value is -1.37. The minimum absolute atomic E-state index is 0.642. The molecule has 0 aliphatic rings. The van der Waals surface area contributed by atoms with Gasteiger partial charge in [-0.1, -0.05) is 12.1 Å². The summed E-state index contributed by atoms with van der Waals surface area (Å²) in [6, 6.07) is 5.61. The van der Waals surface area contributed by atoms with E-state index in [1.807, 2.05) is 32.2 Å². The van der Waals surface area contributed by atoms with Crippen molar-refractivity contribution in [3.8, 4) is 0 Å². The molecule has 0 atom stereocenters. The Morgan fingerprint density at radius 1 is 1.24 bits per heavy atom. The topological polar surface area (TPSA) is 67.5 Å². The number of hydrogen-bond donors (Lipinski definition) is 2. The molecule has 0 saturated carbocycles. The molecule has 0 saturated heterocycles. The minimum Gasteiger partial charge on any atom is -0.423 e. The molecule has 21 heavy (non-hydrogen) atoms. The number of aryl methyl sites for hydroxylation is 2. The lowest BCUT2D eigenvalue weighted by atomic mass is 9.76. The summed E-state index contributed by atoms with van der Waals surface area (Å²) in [5.41, 5.74) is 0.577. The van der Waals surface area contributed by atoms with Gasteiger partial charge in [0.1, 0.15) is 0 Å². The van der Waals surface area contributed by atoms with Gasteiger partial charge in [-0.25, -0.2) is 0 Å². The van der Waals surface area contributed by atoms with Crippen molar-refractivity contribution in [2.75, 3.05) is 0 Å². The van der Waals surface area contributed by atoms with Crippen molar-refractivity contribution in [2.24, 2.45) is 7.05 Å². The highest BCUT2D eigenvalue weighted by molar-refractivity contribution is 6.60. The van der Waals surface area contributed by atoms with E-state index in [2.05, 4.69) is 5.10 Å². The van der Waals surface area contributed by atoms with Crippen LogP contribution in [0.3, 0.4) is 0 Å². The molecule has 114 valence electrons. The molecule has 0 unspecified atom stereocenters. The highest BCUT2D eigenvalue weighted by Gasteiger charge is 2.39. The van der Waals surface area contributed by atoms with Crippen LogP contribution < -0.4 is 5.46 Å². The molecule has 0 spiro atoms. The zero-order valence-corrected chi connectivity index (χ0v) is 13.5. The zero-order chi connectivity index (χ0) is 16.0. The monoisotopic (exact) mass is 290 g/mol. The van der Waals surface area contributed by atoms with Gasteiger partial charge in [-0.3, -0.25) is 4.68 Å². The third-order valence-corrected chi connectivity index (χ3v) is 4.23. The minimum atomic E-state index is -1.11. The van der Waals surface area contributed by atoms with Gasteiger partial charge < -0.3 is 14.8 Å². The molecule has 6 heteroatoms. The van der Waals surface area contributed by atoms with Crippen LogP contribution in [0.1, 0.15) is 33.4 Å². The Morgan fingerprint density at radius 3 is 2.43 bits per heavy atom. The fourth-order valence-corrected chi connectivity index (χ4v) is 2.10. The van der Waals surface area contributed by atoms with E-state index < -0.39 is 18.3 Å². The molecule has 1 aromatic heterocycles. The molecule has 0 amide bonds. The van der Waals surface area contributed by atoms with Gasteiger partial charge in [0.15, 0.2) is 0 Å². The predicted molar refractivity (Wildman–Crippen MR) is 84.5 cm³/mol. The molecular formula is C15H23BN2O3. The third-order valence-electron chi connectivity index (χ3n) is 4.23. The van der Waals surface area contributed by atoms with Crippen molar-refractivity contribution < 1.29 is 14.8 Å². The maximum atomic E-state index is 10.3. The number of fused-ring (bicyclic) bond motifs is 1. The maximum Gasteiger partial charge on any atom is 0.491 e. The van der Waals surface area contributed by atoms with Gasteiger partial charge in [0.25, 0.3) is 0 Å². The number of benzene rings is 1. The summed E-state index contributed by atoms with van der Waals surface area (Å²) in [5, 5.41) is 25.8. The molecule has 0 fully saturated rings. The number of aromatic nitrogens is 2. The Balaban J connectivity index is 2.32. The van der Waals surface area contributed by atoms with E-state index in [0.717, 1.165) is 16.6 Å². The van der Waals surface area contributed by atoms with Gasteiger partial charge in [0.05, 0.1) is 22.4 Å². The Labute approximate surface area is 125 Å². The first-order chi connectivity index (χ1) is 9.53. The molecule has 0 aliphatic heterocycles. The largest absolute Gasteiger partial charge is 0.491 e. The van der Waals surface area contributed by atoms with Crippen molar-refractivity contribution >= 4 is 23.5 Å². The van der Waals surface area contributed by atoms with E-state index in [9.17, 15) is 10.1 Å². The average Bonchev–Trinajstić information content (AvgIpc) is 2.62. The summed E-state index contributed by atoms with van der Waals surface area (Å²) >= 11 is 0. The van der Waals surface area contributed by atoms with Gasteiger partial charge >= 0.3 is 7.12 Å². The molecule has 2 rings (SSSR count). The van der Waals surface area contributed by atoms with E-state index in [1.165, 1.54) is 0 Å². The first-order valence-corrected chi connectivity index (χ1v) is 7.04. The highest BCUT2D eigenvalue weighted by Crippen LogP contribution is 2.25. The summed E-state index contributed by atoms with van der Waals surface area (Å²) in [6.45, 7) is 8.78. The number of hydrogen-bond acceptors (Lipinski definition) is 4. The van der Waals surface area contributed by atoms with Gasteiger partial charge in [-0.2, -0.15) is 5.10 Å². The maximum absolute atomic E-state index is 10.3. The second-order valence-electron chi connectivity index (χ2n) is 6.53. The number of rotatable bonds is 4. The third kappa shape index (κ3) is 2.97. The van der Waals surface area contributed by atoms with Crippen molar-refractivity contribution in [3.05, 3.63) is 23.9 Å². The van der Waals surface area contributed by atoms with Crippen molar-refractivity contribution in [2.45, 2.75) is 45.8 Å². The van der Waals surface area contributed by atoms with Crippen LogP contribution in [0.4, 0.5) is 0 Å². The van der Waals surface area contributed by atoms with Crippen LogP contribution in [-0.2, 0) is 11.7 Å². The summed E-state index contributed by atoms with van der Waals surface area (Å²) in [6.07, 6.45) is 0. The van der Waals surface area contributed by atoms with Crippen LogP contribution in [0.25, 0.3) is 10.9 Å². The molecule has 0 radical (unpaired) electrons. The molecule has 2 aromatic rings. The van der Waals surface area contributed by atoms with Crippen LogP contribution >= 0.6 is 0 Å². The Kier molecular flexibility index (Phi) is 3.91. The van der Waals surface area contributed by atoms with Crippen molar-refractivity contribution in [3.63, 3.8) is 0 Å². The van der Waals surface area contributed by atoms with Crippen LogP contribution in [0, 0.1) is 6.92 Å². The molecule has 1 heterocycles. The summed E-state index contributed by atoms with van der Waals surface area (Å²) in [5.74, 6) is 0. The van der Waals surface area contributed by atoms with Crippen LogP contribution in [-0.4, -0.2) is 38.2 Å². The molecule has 1 aromatic carbocycles. The molecule has 2 N–H and O–H groups in total. The van der Waals surface area contributed by atoms with E-state index >= 15 is 0 Å². The van der Waals surface area contributed by atoms with E-state index in [1.54, 1.807) is 32.4 Å². The second-order valence-corrected chi connectivity index (χ2v) is 6.53. The molecule has 0 bridgehead atoms. The molecule has 0 aliphatic carbocycles. The van der Waals surface area contributed by atoms with E-state index in [0.29, 0.717) is 5.46 Å². The molecule has 5 nitrogen and oxygen atoms in total. The standard InChI is InChI=1S/C15H23BN2O3/c1-10-12-8-7-11(9-13(12)18(6)17-10)16(20)21-15(4,5)14(2,3)19/h7-9,19-20H,1-6H3. The fourth-order valence-electron chi connectivity index (χ4n) is 2.10. The quantitative estimate of drug-likeness (QED) is 0.829. The average molecular weight is 290 g/mol. The van der Waals surface area contributed by atoms with Gasteiger partial charge in [-0.05, 0) is 46.1 Å². The van der Waals surface area contributed by atoms with Crippen LogP contribution in [0.2, 0.25) is 0 Å². The van der Waals surface area contributed by atoms with Gasteiger partial charge in [0, 0.05) is 12.4 Å². The number of nitrogens with zero attached hydrogens (tertiary/aromatic N) is 2. The molecular weight excluding hydrogens is 267 g/mol. The first-order valence-electron chi connectivity index (χ1n) is 7.04. The smallest absolute Gasteiger partial charge is 0.423 e. The van der Waals surface area contributed by atoms with Crippen molar-refractivity contribution in [1.29, 1.82) is 0 Å². The zero-order valence-electron chi connectivity index (χ0n) is 13.5. The summed E-state index contributed by atoms with van der Waals surface area (Å²) < 4.78 is 7.44. The van der Waals surface area contributed by atoms with Crippen LogP contribution in [0.5, 0.6) is 0 Å². The van der Waals surface area contributed by atoms with E-state index in [4.69, 9.17) is 4.65 Å². The van der Waals surface area contributed by atoms with E-state index in [-0.39, 0.29) is 0 Å². The fraction of sp³-hybridized carbons (Fsp3) is 0.533. The van der Waals surface area contributed by atoms with Gasteiger partial charge in [-0.15, -0.1) is 0 Å². The lowest BCUT2D eigenvalue weighted by molar-refractivity contribution is -0.0982. The van der Waals surface area contributed by atoms with Crippen molar-refractivity contribution in [1.82, 2.24) is 9.78 Å². The predicted octanol–water partition coefficient (Wildman–Crippen LogP) is 1.14. The van der Waals surface area contributed by atoms with Gasteiger partial charge in [0.2, 0.25) is 0 Å². The van der Waals surface area contributed by atoms with Crippen LogP contribution in [0.15, 0.2) is 18.2 Å².